The molecule has 2 N–H and O–H groups in total. The fraction of sp³-hybridized carbons (Fsp3) is 0.231. The first kappa shape index (κ1) is 15.1. The van der Waals surface area contributed by atoms with Crippen molar-refractivity contribution in [1.82, 2.24) is 4.98 Å². The van der Waals surface area contributed by atoms with Gasteiger partial charge in [-0.05, 0) is 24.6 Å². The molecule has 0 unspecified atom stereocenters. The van der Waals surface area contributed by atoms with Gasteiger partial charge in [0.25, 0.3) is 0 Å². The number of nitrogens with zero attached hydrogens (tertiary/aromatic N) is 1. The first-order valence-electron chi connectivity index (χ1n) is 5.95. The molecule has 0 atom stereocenters. The maximum atomic E-state index is 11.2. The first-order chi connectivity index (χ1) is 9.49. The molecular weight excluding hydrogens is 319 g/mol. The van der Waals surface area contributed by atoms with E-state index in [1.165, 1.54) is 0 Å². The summed E-state index contributed by atoms with van der Waals surface area (Å²) < 4.78 is 0. The van der Waals surface area contributed by atoms with Crippen molar-refractivity contribution in [2.45, 2.75) is 19.8 Å². The molecule has 1 aromatic heterocycles. The standard InChI is InChI=1S/C13H12Cl2N2O2S/c1-2-3-10-11(12(18)19)20-13(17-10)16-9-5-7(14)4-8(15)6-9/h4-6H,2-3H2,1H3,(H,16,17)(H,18,19). The van der Waals surface area contributed by atoms with Gasteiger partial charge in [-0.2, -0.15) is 0 Å². The summed E-state index contributed by atoms with van der Waals surface area (Å²) in [6.07, 6.45) is 1.47. The molecule has 0 spiro atoms. The topological polar surface area (TPSA) is 62.2 Å². The van der Waals surface area contributed by atoms with Crippen LogP contribution in [0.25, 0.3) is 0 Å². The Hall–Kier alpha value is -1.30. The highest BCUT2D eigenvalue weighted by Gasteiger charge is 2.16. The number of carboxylic acid groups (broad SMARTS) is 1. The van der Waals surface area contributed by atoms with Crippen LogP contribution in [0.2, 0.25) is 10.0 Å². The first-order valence-corrected chi connectivity index (χ1v) is 7.53. The predicted octanol–water partition coefficient (Wildman–Crippen LogP) is 4.84. The second-order valence-electron chi connectivity index (χ2n) is 4.13. The van der Waals surface area contributed by atoms with Crippen molar-refractivity contribution in [2.75, 3.05) is 5.32 Å². The Bertz CT molecular complexity index is 623. The molecule has 20 heavy (non-hydrogen) atoms. The maximum absolute atomic E-state index is 11.2. The third-order valence-corrected chi connectivity index (χ3v) is 3.93. The van der Waals surface area contributed by atoms with Gasteiger partial charge in [0.2, 0.25) is 0 Å². The molecule has 4 nitrogen and oxygen atoms in total. The molecule has 2 rings (SSSR count). The number of halogens is 2. The van der Waals surface area contributed by atoms with Gasteiger partial charge in [-0.1, -0.05) is 47.9 Å². The molecule has 1 heterocycles. The molecule has 0 aliphatic carbocycles. The number of hydrogen-bond acceptors (Lipinski definition) is 4. The Balaban J connectivity index is 2.29. The van der Waals surface area contributed by atoms with E-state index < -0.39 is 5.97 Å². The van der Waals surface area contributed by atoms with E-state index >= 15 is 0 Å². The number of aromatic nitrogens is 1. The third-order valence-electron chi connectivity index (χ3n) is 2.49. The fourth-order valence-electron chi connectivity index (χ4n) is 1.73. The summed E-state index contributed by atoms with van der Waals surface area (Å²) in [7, 11) is 0. The van der Waals surface area contributed by atoms with Gasteiger partial charge < -0.3 is 10.4 Å². The lowest BCUT2D eigenvalue weighted by Gasteiger charge is -2.03. The van der Waals surface area contributed by atoms with E-state index in [4.69, 9.17) is 28.3 Å². The number of aromatic carboxylic acids is 1. The molecule has 1 aromatic carbocycles. The quantitative estimate of drug-likeness (QED) is 0.822. The lowest BCUT2D eigenvalue weighted by Crippen LogP contribution is -1.98. The van der Waals surface area contributed by atoms with Crippen molar-refractivity contribution in [3.8, 4) is 0 Å². The minimum absolute atomic E-state index is 0.266. The predicted molar refractivity (Wildman–Crippen MR) is 82.8 cm³/mol. The second kappa shape index (κ2) is 6.43. The van der Waals surface area contributed by atoms with Crippen LogP contribution in [0.5, 0.6) is 0 Å². The number of benzene rings is 1. The van der Waals surface area contributed by atoms with Crippen LogP contribution >= 0.6 is 34.5 Å². The Labute approximate surface area is 130 Å². The van der Waals surface area contributed by atoms with Gasteiger partial charge in [-0.15, -0.1) is 0 Å². The molecule has 0 saturated carbocycles. The number of rotatable bonds is 5. The van der Waals surface area contributed by atoms with Gasteiger partial charge in [0.1, 0.15) is 4.88 Å². The van der Waals surface area contributed by atoms with Crippen molar-refractivity contribution >= 4 is 51.3 Å². The molecule has 0 fully saturated rings. The molecule has 0 aliphatic rings. The van der Waals surface area contributed by atoms with Crippen LogP contribution in [0.4, 0.5) is 10.8 Å². The summed E-state index contributed by atoms with van der Waals surface area (Å²) in [5.41, 5.74) is 1.27. The van der Waals surface area contributed by atoms with Gasteiger partial charge in [0.15, 0.2) is 5.13 Å². The summed E-state index contributed by atoms with van der Waals surface area (Å²) in [6.45, 7) is 1.98. The van der Waals surface area contributed by atoms with Gasteiger partial charge >= 0.3 is 5.97 Å². The van der Waals surface area contributed by atoms with Crippen LogP contribution in [0, 0.1) is 0 Å². The largest absolute Gasteiger partial charge is 0.477 e. The van der Waals surface area contributed by atoms with Crippen molar-refractivity contribution in [1.29, 1.82) is 0 Å². The van der Waals surface area contributed by atoms with Crippen molar-refractivity contribution in [2.24, 2.45) is 0 Å². The lowest BCUT2D eigenvalue weighted by atomic mass is 10.2. The maximum Gasteiger partial charge on any atom is 0.347 e. The third kappa shape index (κ3) is 3.62. The van der Waals surface area contributed by atoms with E-state index in [2.05, 4.69) is 10.3 Å². The minimum atomic E-state index is -0.955. The van der Waals surface area contributed by atoms with Crippen LogP contribution in [-0.2, 0) is 6.42 Å². The van der Waals surface area contributed by atoms with E-state index in [1.807, 2.05) is 6.92 Å². The van der Waals surface area contributed by atoms with Crippen molar-refractivity contribution < 1.29 is 9.90 Å². The monoisotopic (exact) mass is 330 g/mol. The number of anilines is 2. The van der Waals surface area contributed by atoms with E-state index in [9.17, 15) is 4.79 Å². The highest BCUT2D eigenvalue weighted by Crippen LogP contribution is 2.29. The molecule has 2 aromatic rings. The van der Waals surface area contributed by atoms with Crippen LogP contribution in [0.1, 0.15) is 28.7 Å². The molecule has 0 saturated heterocycles. The van der Waals surface area contributed by atoms with Gasteiger partial charge in [-0.3, -0.25) is 0 Å². The molecule has 0 aliphatic heterocycles. The van der Waals surface area contributed by atoms with Crippen LogP contribution in [-0.4, -0.2) is 16.1 Å². The van der Waals surface area contributed by atoms with E-state index in [-0.39, 0.29) is 4.88 Å². The number of thiazole rings is 1. The van der Waals surface area contributed by atoms with Crippen LogP contribution in [0.15, 0.2) is 18.2 Å². The Morgan fingerprint density at radius 3 is 2.55 bits per heavy atom. The van der Waals surface area contributed by atoms with Crippen LogP contribution < -0.4 is 5.32 Å². The molecular formula is C13H12Cl2N2O2S. The number of aryl methyl sites for hydroxylation is 1. The Morgan fingerprint density at radius 2 is 2.00 bits per heavy atom. The highest BCUT2D eigenvalue weighted by molar-refractivity contribution is 7.17. The van der Waals surface area contributed by atoms with E-state index in [0.717, 1.165) is 17.8 Å². The van der Waals surface area contributed by atoms with E-state index in [1.54, 1.807) is 18.2 Å². The highest BCUT2D eigenvalue weighted by atomic mass is 35.5. The molecule has 0 bridgehead atoms. The molecule has 7 heteroatoms. The zero-order valence-electron chi connectivity index (χ0n) is 10.6. The average Bonchev–Trinajstić information content (AvgIpc) is 2.71. The van der Waals surface area contributed by atoms with Gasteiger partial charge in [0.05, 0.1) is 5.69 Å². The summed E-state index contributed by atoms with van der Waals surface area (Å²) in [5, 5.41) is 13.7. The number of hydrogen-bond donors (Lipinski definition) is 2. The Morgan fingerprint density at radius 1 is 1.35 bits per heavy atom. The average molecular weight is 331 g/mol. The zero-order chi connectivity index (χ0) is 14.7. The van der Waals surface area contributed by atoms with E-state index in [0.29, 0.717) is 33.0 Å². The molecule has 0 amide bonds. The number of nitrogens with one attached hydrogen (secondary N) is 1. The molecule has 0 radical (unpaired) electrons. The van der Waals surface area contributed by atoms with Gasteiger partial charge in [0, 0.05) is 15.7 Å². The summed E-state index contributed by atoms with van der Waals surface area (Å²) >= 11 is 12.9. The zero-order valence-corrected chi connectivity index (χ0v) is 12.9. The summed E-state index contributed by atoms with van der Waals surface area (Å²) in [4.78, 5) is 15.8. The SMILES string of the molecule is CCCc1nc(Nc2cc(Cl)cc(Cl)c2)sc1C(=O)O. The number of carbonyl (C=O) groups is 1. The number of carboxylic acids is 1. The normalized spacial score (nSPS) is 10.6. The molecule has 106 valence electrons. The smallest absolute Gasteiger partial charge is 0.347 e. The van der Waals surface area contributed by atoms with Crippen molar-refractivity contribution in [3.05, 3.63) is 38.8 Å². The summed E-state index contributed by atoms with van der Waals surface area (Å²) in [6, 6.07) is 5.03. The fourth-order valence-corrected chi connectivity index (χ4v) is 3.12. The lowest BCUT2D eigenvalue weighted by molar-refractivity contribution is 0.0700. The minimum Gasteiger partial charge on any atom is -0.477 e. The van der Waals surface area contributed by atoms with Gasteiger partial charge in [-0.25, -0.2) is 9.78 Å². The second-order valence-corrected chi connectivity index (χ2v) is 6.01. The summed E-state index contributed by atoms with van der Waals surface area (Å²) in [5.74, 6) is -0.955. The van der Waals surface area contributed by atoms with Crippen LogP contribution in [0.3, 0.4) is 0 Å². The van der Waals surface area contributed by atoms with Crippen molar-refractivity contribution in [3.63, 3.8) is 0 Å². The Kier molecular flexibility index (Phi) is 4.86.